The van der Waals surface area contributed by atoms with Gasteiger partial charge in [0.25, 0.3) is 0 Å². The lowest BCUT2D eigenvalue weighted by molar-refractivity contribution is -0.145. The second-order valence-electron chi connectivity index (χ2n) is 7.68. The van der Waals surface area contributed by atoms with E-state index in [4.69, 9.17) is 4.74 Å². The number of carboxylic acid groups (broad SMARTS) is 1. The Morgan fingerprint density at radius 1 is 0.879 bits per heavy atom. The van der Waals surface area contributed by atoms with E-state index in [9.17, 15) is 9.90 Å². The van der Waals surface area contributed by atoms with Gasteiger partial charge in [0.1, 0.15) is 5.75 Å². The first-order valence-corrected chi connectivity index (χ1v) is 12.7. The van der Waals surface area contributed by atoms with Crippen LogP contribution in [0.1, 0.15) is 5.56 Å². The highest BCUT2D eigenvalue weighted by atomic mass is 79.9. The average Bonchev–Trinajstić information content (AvgIpc) is 3.20. The molecule has 0 saturated carbocycles. The molecule has 1 heterocycles. The van der Waals surface area contributed by atoms with Gasteiger partial charge in [-0.25, -0.2) is 4.79 Å². The van der Waals surface area contributed by atoms with E-state index < -0.39 is 12.1 Å². The van der Waals surface area contributed by atoms with Crippen molar-refractivity contribution < 1.29 is 14.6 Å². The van der Waals surface area contributed by atoms with Crippen molar-refractivity contribution in [2.75, 3.05) is 0 Å². The Morgan fingerprint density at radius 3 is 2.27 bits per heavy atom. The van der Waals surface area contributed by atoms with E-state index in [1.807, 2.05) is 42.5 Å². The minimum absolute atomic E-state index is 0.275. The number of fused-ring (bicyclic) bond motifs is 3. The lowest BCUT2D eigenvalue weighted by atomic mass is 9.99. The third-order valence-corrected chi connectivity index (χ3v) is 7.83. The number of benzene rings is 4. The van der Waals surface area contributed by atoms with Crippen molar-refractivity contribution in [1.29, 1.82) is 0 Å². The van der Waals surface area contributed by atoms with Crippen molar-refractivity contribution >= 4 is 69.3 Å². The van der Waals surface area contributed by atoms with Crippen LogP contribution in [-0.4, -0.2) is 17.2 Å². The van der Waals surface area contributed by atoms with Crippen LogP contribution in [0.2, 0.25) is 0 Å². The largest absolute Gasteiger partial charge is 0.478 e. The van der Waals surface area contributed by atoms with E-state index >= 15 is 0 Å². The molecule has 0 saturated heterocycles. The van der Waals surface area contributed by atoms with Gasteiger partial charge >= 0.3 is 5.97 Å². The first-order chi connectivity index (χ1) is 16.0. The minimum atomic E-state index is -1.00. The molecule has 0 spiro atoms. The van der Waals surface area contributed by atoms with E-state index in [-0.39, 0.29) is 6.42 Å². The molecular formula is C27H18Br2O3S. The maximum Gasteiger partial charge on any atom is 0.345 e. The molecule has 164 valence electrons. The van der Waals surface area contributed by atoms with Crippen LogP contribution in [0.4, 0.5) is 0 Å². The Kier molecular flexibility index (Phi) is 6.23. The molecule has 1 atom stereocenters. The van der Waals surface area contributed by atoms with Gasteiger partial charge in [0.2, 0.25) is 0 Å². The van der Waals surface area contributed by atoms with E-state index in [0.29, 0.717) is 14.7 Å². The molecule has 0 amide bonds. The predicted molar refractivity (Wildman–Crippen MR) is 142 cm³/mol. The number of carboxylic acids is 1. The minimum Gasteiger partial charge on any atom is -0.478 e. The van der Waals surface area contributed by atoms with Crippen molar-refractivity contribution in [2.45, 2.75) is 12.5 Å². The fourth-order valence-electron chi connectivity index (χ4n) is 3.99. The highest BCUT2D eigenvalue weighted by Gasteiger charge is 2.23. The van der Waals surface area contributed by atoms with Gasteiger partial charge in [-0.2, -0.15) is 0 Å². The standard InChI is InChI=1S/C27H18Br2O3S/c28-20-14-17(18-10-6-12-24-25(18)19-9-4-5-11-23(19)33-24)15-21(29)26(20)32-22(27(30)31)13-16-7-2-1-3-8-16/h1-12,14-15,22H,13H2,(H,30,31)/t22-/m1/s1. The van der Waals surface area contributed by atoms with Gasteiger partial charge in [-0.05, 0) is 72.8 Å². The van der Waals surface area contributed by atoms with Crippen LogP contribution in [0.5, 0.6) is 5.75 Å². The summed E-state index contributed by atoms with van der Waals surface area (Å²) in [6, 6.07) is 28.2. The second kappa shape index (κ2) is 9.29. The van der Waals surface area contributed by atoms with E-state index in [1.54, 1.807) is 11.3 Å². The van der Waals surface area contributed by atoms with E-state index in [0.717, 1.165) is 16.7 Å². The summed E-state index contributed by atoms with van der Waals surface area (Å²) >= 11 is 9.02. The number of thiophene rings is 1. The lowest BCUT2D eigenvalue weighted by Gasteiger charge is -2.18. The summed E-state index contributed by atoms with van der Waals surface area (Å²) in [4.78, 5) is 11.9. The monoisotopic (exact) mass is 580 g/mol. The quantitative estimate of drug-likeness (QED) is 0.219. The van der Waals surface area contributed by atoms with Gasteiger partial charge in [0.05, 0.1) is 8.95 Å². The molecule has 0 bridgehead atoms. The lowest BCUT2D eigenvalue weighted by Crippen LogP contribution is -2.29. The number of halogens is 2. The van der Waals surface area contributed by atoms with Gasteiger partial charge < -0.3 is 9.84 Å². The SMILES string of the molecule is O=C(O)[C@@H](Cc1ccccc1)Oc1c(Br)cc(-c2cccc3sc4ccccc4c23)cc1Br. The third-order valence-electron chi connectivity index (χ3n) is 5.51. The molecule has 1 N–H and O–H groups in total. The first-order valence-electron chi connectivity index (χ1n) is 10.3. The third kappa shape index (κ3) is 4.43. The van der Waals surface area contributed by atoms with Crippen LogP contribution in [0.3, 0.4) is 0 Å². The van der Waals surface area contributed by atoms with Gasteiger partial charge in [-0.1, -0.05) is 60.7 Å². The van der Waals surface area contributed by atoms with Gasteiger partial charge in [0, 0.05) is 26.6 Å². The number of ether oxygens (including phenoxy) is 1. The summed E-state index contributed by atoms with van der Waals surface area (Å²) in [5.41, 5.74) is 3.05. The molecule has 3 nitrogen and oxygen atoms in total. The Balaban J connectivity index is 1.54. The molecule has 4 aromatic carbocycles. The molecule has 33 heavy (non-hydrogen) atoms. The molecule has 5 rings (SSSR count). The van der Waals surface area contributed by atoms with Crippen molar-refractivity contribution in [3.8, 4) is 16.9 Å². The number of hydrogen-bond donors (Lipinski definition) is 1. The molecule has 0 aliphatic rings. The van der Waals surface area contributed by atoms with Gasteiger partial charge in [0.15, 0.2) is 6.10 Å². The van der Waals surface area contributed by atoms with Gasteiger partial charge in [-0.15, -0.1) is 11.3 Å². The predicted octanol–water partition coefficient (Wildman–Crippen LogP) is 8.32. The van der Waals surface area contributed by atoms with E-state index in [2.05, 4.69) is 74.3 Å². The molecule has 5 aromatic rings. The zero-order chi connectivity index (χ0) is 22.9. The first kappa shape index (κ1) is 22.1. The average molecular weight is 582 g/mol. The summed E-state index contributed by atoms with van der Waals surface area (Å²) in [7, 11) is 0. The van der Waals surface area contributed by atoms with Crippen molar-refractivity contribution in [3.63, 3.8) is 0 Å². The molecule has 0 unspecified atom stereocenters. The van der Waals surface area contributed by atoms with Crippen molar-refractivity contribution in [1.82, 2.24) is 0 Å². The summed E-state index contributed by atoms with van der Waals surface area (Å²) in [6.45, 7) is 0. The fourth-order valence-corrected chi connectivity index (χ4v) is 6.50. The smallest absolute Gasteiger partial charge is 0.345 e. The van der Waals surface area contributed by atoms with Gasteiger partial charge in [-0.3, -0.25) is 0 Å². The number of hydrogen-bond acceptors (Lipinski definition) is 3. The molecule has 0 aliphatic carbocycles. The maximum absolute atomic E-state index is 11.9. The number of aliphatic carboxylic acids is 1. The van der Waals surface area contributed by atoms with Crippen LogP contribution in [-0.2, 0) is 11.2 Å². The summed E-state index contributed by atoms with van der Waals surface area (Å²) in [5.74, 6) is -0.527. The molecule has 0 radical (unpaired) electrons. The van der Waals surface area contributed by atoms with Crippen LogP contribution in [0, 0.1) is 0 Å². The highest BCUT2D eigenvalue weighted by molar-refractivity contribution is 9.11. The van der Waals surface area contributed by atoms with E-state index in [1.165, 1.54) is 20.2 Å². The molecule has 6 heteroatoms. The normalized spacial score (nSPS) is 12.2. The molecule has 0 fully saturated rings. The number of carbonyl (C=O) groups is 1. The summed E-state index contributed by atoms with van der Waals surface area (Å²) in [5, 5.41) is 12.2. The summed E-state index contributed by atoms with van der Waals surface area (Å²) in [6.07, 6.45) is -0.730. The second-order valence-corrected chi connectivity index (χ2v) is 10.5. The molecule has 1 aromatic heterocycles. The van der Waals surface area contributed by atoms with Crippen LogP contribution in [0.15, 0.2) is 93.9 Å². The molecule has 0 aliphatic heterocycles. The Bertz CT molecular complexity index is 1450. The Labute approximate surface area is 211 Å². The van der Waals surface area contributed by atoms with Crippen LogP contribution < -0.4 is 4.74 Å². The van der Waals surface area contributed by atoms with Crippen molar-refractivity contribution in [3.05, 3.63) is 99.4 Å². The Morgan fingerprint density at radius 2 is 1.55 bits per heavy atom. The summed E-state index contributed by atoms with van der Waals surface area (Å²) < 4.78 is 9.86. The zero-order valence-corrected chi connectivity index (χ0v) is 21.3. The highest BCUT2D eigenvalue weighted by Crippen LogP contribution is 2.43. The zero-order valence-electron chi connectivity index (χ0n) is 17.3. The Hall–Kier alpha value is -2.67. The maximum atomic E-state index is 11.9. The van der Waals surface area contributed by atoms with Crippen LogP contribution in [0.25, 0.3) is 31.3 Å². The number of rotatable bonds is 6. The van der Waals surface area contributed by atoms with Crippen molar-refractivity contribution in [2.24, 2.45) is 0 Å². The topological polar surface area (TPSA) is 46.5 Å². The van der Waals surface area contributed by atoms with Crippen LogP contribution >= 0.6 is 43.2 Å². The molecular weight excluding hydrogens is 564 g/mol. The fraction of sp³-hybridized carbons (Fsp3) is 0.0741.